The largest absolute Gasteiger partial charge is 0.471 e. The number of benzene rings is 1. The molecule has 1 fully saturated rings. The number of likely N-dealkylation sites (tertiary alicyclic amines) is 1. The zero-order chi connectivity index (χ0) is 14.7. The summed E-state index contributed by atoms with van der Waals surface area (Å²) in [5.41, 5.74) is 14.2. The number of nitrogens with zero attached hydrogens (tertiary/aromatic N) is 1. The molecule has 108 valence electrons. The Morgan fingerprint density at radius 1 is 1.10 bits per heavy atom. The second-order valence-electron chi connectivity index (χ2n) is 5.45. The van der Waals surface area contributed by atoms with E-state index in [1.54, 1.807) is 12.1 Å². The third-order valence-corrected chi connectivity index (χ3v) is 4.15. The maximum Gasteiger partial charge on any atom is 0.471 e. The van der Waals surface area contributed by atoms with Gasteiger partial charge in [0, 0.05) is 24.9 Å². The molecule has 4 nitrogen and oxygen atoms in total. The lowest BCUT2D eigenvalue weighted by Crippen LogP contribution is -2.46. The maximum atomic E-state index is 12.5. The summed E-state index contributed by atoms with van der Waals surface area (Å²) >= 11 is 0. The fourth-order valence-corrected chi connectivity index (χ4v) is 3.27. The van der Waals surface area contributed by atoms with Gasteiger partial charge < -0.3 is 16.4 Å². The monoisotopic (exact) mass is 285 g/mol. The van der Waals surface area contributed by atoms with Crippen LogP contribution < -0.4 is 11.5 Å². The smallest absolute Gasteiger partial charge is 0.397 e. The Kier molecular flexibility index (Phi) is 2.64. The van der Waals surface area contributed by atoms with E-state index in [9.17, 15) is 18.0 Å². The molecule has 2 bridgehead atoms. The number of alkyl halides is 3. The number of halogens is 3. The van der Waals surface area contributed by atoms with Crippen LogP contribution in [0.3, 0.4) is 0 Å². The number of nitrogens with two attached hydrogens (primary N) is 2. The number of rotatable bonds is 0. The van der Waals surface area contributed by atoms with Crippen LogP contribution in [0, 0.1) is 0 Å². The fraction of sp³-hybridized carbons (Fsp3) is 0.462. The molecule has 2 aliphatic rings. The minimum absolute atomic E-state index is 0.0852. The van der Waals surface area contributed by atoms with Crippen LogP contribution in [-0.4, -0.2) is 30.1 Å². The second-order valence-corrected chi connectivity index (χ2v) is 5.45. The number of piperidine rings is 1. The SMILES string of the molecule is Nc1cc2c(cc1N)[C@H]1C[C@H]2CN(C(=O)C(F)(F)F)C1. The minimum atomic E-state index is -4.82. The molecule has 7 heteroatoms. The third-order valence-electron chi connectivity index (χ3n) is 4.15. The van der Waals surface area contributed by atoms with Gasteiger partial charge in [0.15, 0.2) is 0 Å². The van der Waals surface area contributed by atoms with Crippen molar-refractivity contribution in [2.75, 3.05) is 24.6 Å². The Morgan fingerprint density at radius 2 is 1.55 bits per heavy atom. The molecule has 1 saturated heterocycles. The van der Waals surface area contributed by atoms with Gasteiger partial charge in [-0.25, -0.2) is 0 Å². The first-order chi connectivity index (χ1) is 9.27. The highest BCUT2D eigenvalue weighted by atomic mass is 19.4. The number of carbonyl (C=O) groups is 1. The number of carbonyl (C=O) groups excluding carboxylic acids is 1. The molecule has 20 heavy (non-hydrogen) atoms. The zero-order valence-corrected chi connectivity index (χ0v) is 10.6. The first kappa shape index (κ1) is 13.1. The fourth-order valence-electron chi connectivity index (χ4n) is 3.27. The summed E-state index contributed by atoms with van der Waals surface area (Å²) in [6, 6.07) is 3.47. The molecule has 2 atom stereocenters. The van der Waals surface area contributed by atoms with Crippen molar-refractivity contribution in [1.82, 2.24) is 4.90 Å². The predicted octanol–water partition coefficient (Wildman–Crippen LogP) is 1.83. The van der Waals surface area contributed by atoms with Gasteiger partial charge >= 0.3 is 12.1 Å². The van der Waals surface area contributed by atoms with Crippen LogP contribution in [0.2, 0.25) is 0 Å². The second kappa shape index (κ2) is 4.04. The molecule has 0 saturated carbocycles. The highest BCUT2D eigenvalue weighted by Gasteiger charge is 2.47. The maximum absolute atomic E-state index is 12.5. The Hall–Kier alpha value is -1.92. The number of amides is 1. The standard InChI is InChI=1S/C13H14F3N3O/c14-13(15,16)12(20)19-4-6-1-7(5-19)9-3-11(18)10(17)2-8(6)9/h2-3,6-7H,1,4-5,17-18H2/t6-,7-/m0/s1. The Labute approximate surface area is 113 Å². The molecular weight excluding hydrogens is 271 g/mol. The molecule has 1 aliphatic carbocycles. The summed E-state index contributed by atoms with van der Waals surface area (Å²) in [5.74, 6) is -1.93. The van der Waals surface area contributed by atoms with Gasteiger partial charge in [-0.15, -0.1) is 0 Å². The van der Waals surface area contributed by atoms with E-state index < -0.39 is 12.1 Å². The number of nitrogen functional groups attached to an aromatic ring is 2. The first-order valence-electron chi connectivity index (χ1n) is 6.32. The molecule has 1 heterocycles. The molecule has 0 unspecified atom stereocenters. The van der Waals surface area contributed by atoms with Crippen LogP contribution in [0.5, 0.6) is 0 Å². The highest BCUT2D eigenvalue weighted by Crippen LogP contribution is 2.48. The zero-order valence-electron chi connectivity index (χ0n) is 10.6. The summed E-state index contributed by atoms with van der Waals surface area (Å²) in [7, 11) is 0. The minimum Gasteiger partial charge on any atom is -0.397 e. The Morgan fingerprint density at radius 3 is 1.95 bits per heavy atom. The van der Waals surface area contributed by atoms with Gasteiger partial charge in [-0.05, 0) is 29.7 Å². The van der Waals surface area contributed by atoms with Crippen LogP contribution >= 0.6 is 0 Å². The van der Waals surface area contributed by atoms with Gasteiger partial charge in [-0.2, -0.15) is 13.2 Å². The lowest BCUT2D eigenvalue weighted by molar-refractivity contribution is -0.186. The molecular formula is C13H14F3N3O. The summed E-state index contributed by atoms with van der Waals surface area (Å²) < 4.78 is 37.6. The number of hydrogen-bond donors (Lipinski definition) is 2. The topological polar surface area (TPSA) is 72.3 Å². The van der Waals surface area contributed by atoms with Gasteiger partial charge in [0.25, 0.3) is 0 Å². The van der Waals surface area contributed by atoms with Crippen molar-refractivity contribution in [1.29, 1.82) is 0 Å². The van der Waals surface area contributed by atoms with Crippen LogP contribution in [0.15, 0.2) is 12.1 Å². The number of fused-ring (bicyclic) bond motifs is 5. The van der Waals surface area contributed by atoms with E-state index in [1.165, 1.54) is 0 Å². The molecule has 1 aromatic rings. The lowest BCUT2D eigenvalue weighted by atomic mass is 9.95. The van der Waals surface area contributed by atoms with Gasteiger partial charge in [-0.1, -0.05) is 0 Å². The molecule has 0 radical (unpaired) electrons. The normalized spacial score (nSPS) is 24.6. The molecule has 0 spiro atoms. The van der Waals surface area contributed by atoms with Crippen LogP contribution in [0.25, 0.3) is 0 Å². The van der Waals surface area contributed by atoms with Gasteiger partial charge in [0.1, 0.15) is 0 Å². The third kappa shape index (κ3) is 1.88. The van der Waals surface area contributed by atoms with Crippen molar-refractivity contribution in [2.24, 2.45) is 0 Å². The summed E-state index contributed by atoms with van der Waals surface area (Å²) in [4.78, 5) is 12.3. The van der Waals surface area contributed by atoms with Crippen molar-refractivity contribution < 1.29 is 18.0 Å². The quantitative estimate of drug-likeness (QED) is 0.714. The van der Waals surface area contributed by atoms with E-state index in [2.05, 4.69) is 0 Å². The molecule has 4 N–H and O–H groups in total. The van der Waals surface area contributed by atoms with E-state index in [4.69, 9.17) is 11.5 Å². The van der Waals surface area contributed by atoms with Gasteiger partial charge in [-0.3, -0.25) is 4.79 Å². The van der Waals surface area contributed by atoms with Gasteiger partial charge in [0.05, 0.1) is 11.4 Å². The van der Waals surface area contributed by atoms with Crippen molar-refractivity contribution in [3.05, 3.63) is 23.3 Å². The molecule has 1 amide bonds. The van der Waals surface area contributed by atoms with E-state index in [-0.39, 0.29) is 24.9 Å². The van der Waals surface area contributed by atoms with E-state index in [0.29, 0.717) is 11.4 Å². The lowest BCUT2D eigenvalue weighted by Gasteiger charge is -2.32. The van der Waals surface area contributed by atoms with Crippen molar-refractivity contribution in [3.8, 4) is 0 Å². The summed E-state index contributed by atoms with van der Waals surface area (Å²) in [5, 5.41) is 0. The Bertz CT molecular complexity index is 548. The number of hydrogen-bond acceptors (Lipinski definition) is 3. The van der Waals surface area contributed by atoms with E-state index in [1.807, 2.05) is 0 Å². The molecule has 3 rings (SSSR count). The van der Waals surface area contributed by atoms with Crippen LogP contribution in [-0.2, 0) is 4.79 Å². The van der Waals surface area contributed by atoms with E-state index >= 15 is 0 Å². The van der Waals surface area contributed by atoms with Crippen LogP contribution in [0.1, 0.15) is 29.4 Å². The highest BCUT2D eigenvalue weighted by molar-refractivity contribution is 5.82. The summed E-state index contributed by atoms with van der Waals surface area (Å²) in [6.07, 6.45) is -4.07. The van der Waals surface area contributed by atoms with Crippen LogP contribution in [0.4, 0.5) is 24.5 Å². The summed E-state index contributed by atoms with van der Waals surface area (Å²) in [6.45, 7) is 0.177. The number of anilines is 2. The molecule has 0 aromatic heterocycles. The van der Waals surface area contributed by atoms with Crippen molar-refractivity contribution in [2.45, 2.75) is 24.4 Å². The Balaban J connectivity index is 1.92. The average Bonchev–Trinajstić information content (AvgIpc) is 2.60. The van der Waals surface area contributed by atoms with E-state index in [0.717, 1.165) is 22.4 Å². The average molecular weight is 285 g/mol. The molecule has 1 aliphatic heterocycles. The predicted molar refractivity (Wildman–Crippen MR) is 68.0 cm³/mol. The van der Waals surface area contributed by atoms with Crippen molar-refractivity contribution in [3.63, 3.8) is 0 Å². The molecule has 1 aromatic carbocycles. The van der Waals surface area contributed by atoms with Crippen molar-refractivity contribution >= 4 is 17.3 Å². The van der Waals surface area contributed by atoms with Gasteiger partial charge in [0.2, 0.25) is 0 Å². The first-order valence-corrected chi connectivity index (χ1v) is 6.32.